The molecule has 2 aliphatic heterocycles. The molecule has 1 aliphatic carbocycles. The van der Waals surface area contributed by atoms with Crippen LogP contribution in [0.2, 0.25) is 0 Å². The third-order valence-electron chi connectivity index (χ3n) is 9.09. The minimum atomic E-state index is -0.622. The average molecular weight is 535 g/mol. The van der Waals surface area contributed by atoms with E-state index in [0.29, 0.717) is 6.54 Å². The van der Waals surface area contributed by atoms with E-state index in [1.165, 1.54) is 18.2 Å². The van der Waals surface area contributed by atoms with Gasteiger partial charge in [-0.1, -0.05) is 38.1 Å². The molecule has 0 bridgehead atoms. The highest BCUT2D eigenvalue weighted by molar-refractivity contribution is 6.62. The van der Waals surface area contributed by atoms with Gasteiger partial charge in [0.15, 0.2) is 0 Å². The van der Waals surface area contributed by atoms with Gasteiger partial charge in [0.25, 0.3) is 0 Å². The Kier molecular flexibility index (Phi) is 7.35. The third kappa shape index (κ3) is 5.00. The van der Waals surface area contributed by atoms with Gasteiger partial charge in [0.05, 0.1) is 24.4 Å². The monoisotopic (exact) mass is 535 g/mol. The average Bonchev–Trinajstić information content (AvgIpc) is 3.65. The fraction of sp³-hybridized carbons (Fsp3) is 0.600. The second kappa shape index (κ2) is 10.3. The quantitative estimate of drug-likeness (QED) is 0.531. The highest BCUT2D eigenvalue weighted by atomic mass is 16.7. The standard InChI is InChI=1S/C30H42BN3O5/c1-18(2)24(33-28(36)37-7)27(35)34-17-9-12-23(34)26-22-11-8-10-21(22)25(32-26)19-13-15-20(16-14-19)31-38-29(3,4)30(5,6)39-31/h13-16,18,23-24,32H,8-12,17H2,1-7H3,(H,33,36)/t23-,24-/m0/s1. The molecule has 1 aromatic carbocycles. The van der Waals surface area contributed by atoms with Crippen molar-refractivity contribution < 1.29 is 23.6 Å². The number of nitrogens with zero attached hydrogens (tertiary/aromatic N) is 1. The summed E-state index contributed by atoms with van der Waals surface area (Å²) in [5.41, 5.74) is 6.39. The van der Waals surface area contributed by atoms with Crippen LogP contribution in [0.4, 0.5) is 4.79 Å². The number of aromatic amines is 1. The number of fused-ring (bicyclic) bond motifs is 1. The number of methoxy groups -OCH3 is 1. The first kappa shape index (κ1) is 27.8. The van der Waals surface area contributed by atoms with Crippen LogP contribution in [0.15, 0.2) is 24.3 Å². The normalized spacial score (nSPS) is 22.3. The van der Waals surface area contributed by atoms with E-state index in [0.717, 1.165) is 54.5 Å². The van der Waals surface area contributed by atoms with Crippen molar-refractivity contribution >= 4 is 24.6 Å². The lowest BCUT2D eigenvalue weighted by molar-refractivity contribution is -0.135. The Morgan fingerprint density at radius 3 is 2.31 bits per heavy atom. The van der Waals surface area contributed by atoms with Crippen molar-refractivity contribution in [3.05, 3.63) is 41.1 Å². The maximum absolute atomic E-state index is 13.7. The number of H-pyrrole nitrogens is 1. The van der Waals surface area contributed by atoms with Crippen molar-refractivity contribution in [3.63, 3.8) is 0 Å². The van der Waals surface area contributed by atoms with Gasteiger partial charge >= 0.3 is 13.2 Å². The predicted octanol–water partition coefficient (Wildman–Crippen LogP) is 4.51. The van der Waals surface area contributed by atoms with Crippen LogP contribution in [0.3, 0.4) is 0 Å². The zero-order chi connectivity index (χ0) is 28.1. The van der Waals surface area contributed by atoms with Crippen LogP contribution in [0, 0.1) is 5.92 Å². The Hall–Kier alpha value is -2.78. The van der Waals surface area contributed by atoms with Crippen LogP contribution < -0.4 is 10.8 Å². The third-order valence-corrected chi connectivity index (χ3v) is 9.09. The second-order valence-electron chi connectivity index (χ2n) is 12.5. The Balaban J connectivity index is 1.41. The van der Waals surface area contributed by atoms with E-state index in [9.17, 15) is 9.59 Å². The first-order valence-corrected chi connectivity index (χ1v) is 14.3. The maximum atomic E-state index is 13.7. The van der Waals surface area contributed by atoms with Gasteiger partial charge in [-0.3, -0.25) is 4.79 Å². The first-order chi connectivity index (χ1) is 18.4. The topological polar surface area (TPSA) is 92.9 Å². The number of amides is 2. The summed E-state index contributed by atoms with van der Waals surface area (Å²) in [6, 6.07) is 7.82. The molecule has 3 heterocycles. The largest absolute Gasteiger partial charge is 0.494 e. The summed E-state index contributed by atoms with van der Waals surface area (Å²) >= 11 is 0. The summed E-state index contributed by atoms with van der Waals surface area (Å²) in [6.07, 6.45) is 4.42. The van der Waals surface area contributed by atoms with Crippen LogP contribution in [0.1, 0.15) is 83.7 Å². The van der Waals surface area contributed by atoms with E-state index in [2.05, 4.69) is 62.3 Å². The van der Waals surface area contributed by atoms with Crippen LogP contribution in [-0.4, -0.2) is 59.9 Å². The number of aromatic nitrogens is 1. The molecule has 2 fully saturated rings. The molecular formula is C30H42BN3O5. The van der Waals surface area contributed by atoms with Gasteiger partial charge in [-0.25, -0.2) is 4.79 Å². The van der Waals surface area contributed by atoms with Gasteiger partial charge in [-0.15, -0.1) is 0 Å². The summed E-state index contributed by atoms with van der Waals surface area (Å²) in [6.45, 7) is 12.8. The molecule has 9 heteroatoms. The van der Waals surface area contributed by atoms with Crippen LogP contribution >= 0.6 is 0 Å². The van der Waals surface area contributed by atoms with Crippen molar-refractivity contribution in [3.8, 4) is 11.3 Å². The van der Waals surface area contributed by atoms with E-state index in [1.807, 2.05) is 18.7 Å². The second-order valence-corrected chi connectivity index (χ2v) is 12.5. The van der Waals surface area contributed by atoms with Gasteiger partial charge in [0.1, 0.15) is 6.04 Å². The van der Waals surface area contributed by atoms with Gasteiger partial charge < -0.3 is 29.2 Å². The van der Waals surface area contributed by atoms with Gasteiger partial charge in [-0.2, -0.15) is 0 Å². The van der Waals surface area contributed by atoms with E-state index in [-0.39, 0.29) is 36.2 Å². The van der Waals surface area contributed by atoms with Gasteiger partial charge in [0.2, 0.25) is 5.91 Å². The number of carbonyl (C=O) groups is 2. The summed E-state index contributed by atoms with van der Waals surface area (Å²) in [7, 11) is 0.932. The van der Waals surface area contributed by atoms with Crippen LogP contribution in [0.5, 0.6) is 0 Å². The Morgan fingerprint density at radius 2 is 1.69 bits per heavy atom. The molecule has 210 valence electrons. The summed E-state index contributed by atoms with van der Waals surface area (Å²) < 4.78 is 17.3. The van der Waals surface area contributed by atoms with Crippen molar-refractivity contribution in [2.75, 3.05) is 13.7 Å². The lowest BCUT2D eigenvalue weighted by Crippen LogP contribution is -2.51. The van der Waals surface area contributed by atoms with E-state index in [1.54, 1.807) is 0 Å². The number of hydrogen-bond donors (Lipinski definition) is 2. The van der Waals surface area contributed by atoms with E-state index in [4.69, 9.17) is 14.0 Å². The number of rotatable bonds is 6. The van der Waals surface area contributed by atoms with Crippen molar-refractivity contribution in [1.82, 2.24) is 15.2 Å². The molecule has 0 radical (unpaired) electrons. The number of alkyl carbamates (subject to hydrolysis) is 1. The number of hydrogen-bond acceptors (Lipinski definition) is 5. The number of benzene rings is 1. The summed E-state index contributed by atoms with van der Waals surface area (Å²) in [4.78, 5) is 31.3. The zero-order valence-corrected chi connectivity index (χ0v) is 24.3. The lowest BCUT2D eigenvalue weighted by atomic mass is 9.78. The predicted molar refractivity (Wildman–Crippen MR) is 152 cm³/mol. The van der Waals surface area contributed by atoms with Crippen molar-refractivity contribution in [2.45, 2.75) is 96.9 Å². The minimum absolute atomic E-state index is 0.0252. The molecular weight excluding hydrogens is 493 g/mol. The van der Waals surface area contributed by atoms with Crippen molar-refractivity contribution in [2.24, 2.45) is 5.92 Å². The molecule has 8 nitrogen and oxygen atoms in total. The van der Waals surface area contributed by atoms with Gasteiger partial charge in [-0.05, 0) is 87.9 Å². The molecule has 39 heavy (non-hydrogen) atoms. The number of likely N-dealkylation sites (tertiary alicyclic amines) is 1. The first-order valence-electron chi connectivity index (χ1n) is 14.3. The fourth-order valence-corrected chi connectivity index (χ4v) is 6.13. The molecule has 2 saturated heterocycles. The highest BCUT2D eigenvalue weighted by Gasteiger charge is 2.51. The molecule has 3 aliphatic rings. The number of nitrogens with one attached hydrogen (secondary N) is 2. The maximum Gasteiger partial charge on any atom is 0.494 e. The molecule has 0 spiro atoms. The minimum Gasteiger partial charge on any atom is -0.453 e. The SMILES string of the molecule is COC(=O)N[C@H](C(=O)N1CCC[C@H]1c1[nH]c(-c2ccc(B3OC(C)(C)C(C)(C)O3)cc2)c2c1CCC2)C(C)C. The zero-order valence-electron chi connectivity index (χ0n) is 24.3. The molecule has 0 unspecified atom stereocenters. The number of ether oxygens (including phenoxy) is 1. The van der Waals surface area contributed by atoms with Crippen LogP contribution in [-0.2, 0) is 31.7 Å². The Bertz CT molecular complexity index is 1220. The summed E-state index contributed by atoms with van der Waals surface area (Å²) in [5, 5.41) is 2.75. The molecule has 2 N–H and O–H groups in total. The van der Waals surface area contributed by atoms with Crippen molar-refractivity contribution in [1.29, 1.82) is 0 Å². The molecule has 5 rings (SSSR count). The number of carbonyl (C=O) groups excluding carboxylic acids is 2. The van der Waals surface area contributed by atoms with Crippen LogP contribution in [0.25, 0.3) is 11.3 Å². The molecule has 2 amide bonds. The van der Waals surface area contributed by atoms with E-state index >= 15 is 0 Å². The smallest absolute Gasteiger partial charge is 0.453 e. The molecule has 1 aromatic heterocycles. The molecule has 0 saturated carbocycles. The lowest BCUT2D eigenvalue weighted by Gasteiger charge is -2.32. The molecule has 2 atom stereocenters. The fourth-order valence-electron chi connectivity index (χ4n) is 6.13. The van der Waals surface area contributed by atoms with E-state index < -0.39 is 12.1 Å². The Labute approximate surface area is 232 Å². The van der Waals surface area contributed by atoms with Gasteiger partial charge in [0, 0.05) is 17.9 Å². The summed E-state index contributed by atoms with van der Waals surface area (Å²) in [5.74, 6) is -0.0992. The Morgan fingerprint density at radius 1 is 1.05 bits per heavy atom. The highest BCUT2D eigenvalue weighted by Crippen LogP contribution is 2.42. The molecule has 2 aromatic rings.